The van der Waals surface area contributed by atoms with Gasteiger partial charge in [-0.3, -0.25) is 24.0 Å². The van der Waals surface area contributed by atoms with Crippen LogP contribution >= 0.6 is 11.6 Å². The maximum Gasteiger partial charge on any atom is 0.330 e. The summed E-state index contributed by atoms with van der Waals surface area (Å²) in [5.74, 6) is -0.518. The fourth-order valence-electron chi connectivity index (χ4n) is 3.62. The van der Waals surface area contributed by atoms with Gasteiger partial charge in [0.1, 0.15) is 16.7 Å². The second kappa shape index (κ2) is 10.5. The van der Waals surface area contributed by atoms with Gasteiger partial charge in [-0.15, -0.1) is 0 Å². The molecule has 0 unspecified atom stereocenters. The summed E-state index contributed by atoms with van der Waals surface area (Å²) in [7, 11) is 0. The highest BCUT2D eigenvalue weighted by atomic mass is 35.5. The normalized spacial score (nSPS) is 11.1. The zero-order valence-electron chi connectivity index (χ0n) is 18.4. The average Bonchev–Trinajstić information content (AvgIpc) is 2.77. The van der Waals surface area contributed by atoms with Crippen LogP contribution in [0.2, 0.25) is 5.15 Å². The van der Waals surface area contributed by atoms with Crippen molar-refractivity contribution < 1.29 is 4.79 Å². The number of nitrogen functional groups attached to an aromatic ring is 1. The second-order valence-corrected chi connectivity index (χ2v) is 8.04. The number of unbranched alkanes of at least 4 members (excludes halogenated alkanes) is 3. The van der Waals surface area contributed by atoms with Crippen molar-refractivity contribution in [1.82, 2.24) is 14.5 Å². The van der Waals surface area contributed by atoms with E-state index in [-0.39, 0.29) is 28.9 Å². The summed E-state index contributed by atoms with van der Waals surface area (Å²) in [6, 6.07) is 9.00. The SMILES string of the molecule is CCCCCN(C(=O)c1cc2ccccc2c(Cl)n1)c1c(N)n(CCCC)c(=O)[nH]c1=O. The van der Waals surface area contributed by atoms with Crippen molar-refractivity contribution in [2.45, 2.75) is 52.5 Å². The van der Waals surface area contributed by atoms with Crippen LogP contribution in [0.25, 0.3) is 10.8 Å². The summed E-state index contributed by atoms with van der Waals surface area (Å²) in [6.07, 6.45) is 4.02. The van der Waals surface area contributed by atoms with Gasteiger partial charge in [-0.2, -0.15) is 0 Å². The molecule has 0 saturated carbocycles. The van der Waals surface area contributed by atoms with Crippen LogP contribution in [0.4, 0.5) is 11.5 Å². The van der Waals surface area contributed by atoms with Gasteiger partial charge >= 0.3 is 5.69 Å². The molecule has 0 bridgehead atoms. The van der Waals surface area contributed by atoms with E-state index in [0.29, 0.717) is 19.4 Å². The van der Waals surface area contributed by atoms with Crippen LogP contribution < -0.4 is 21.9 Å². The Morgan fingerprint density at radius 2 is 1.88 bits per heavy atom. The van der Waals surface area contributed by atoms with Crippen molar-refractivity contribution in [3.05, 3.63) is 62.0 Å². The second-order valence-electron chi connectivity index (χ2n) is 7.68. The minimum atomic E-state index is -0.697. The predicted molar refractivity (Wildman–Crippen MR) is 129 cm³/mol. The van der Waals surface area contributed by atoms with Crippen LogP contribution in [-0.2, 0) is 6.54 Å². The van der Waals surface area contributed by atoms with Crippen LogP contribution in [0.1, 0.15) is 56.4 Å². The standard InChI is InChI=1S/C23H28ClN5O3/c1-3-5-9-13-28(18-20(25)29(12-6-4-2)23(32)27-21(18)30)22(31)17-14-15-10-7-8-11-16(15)19(24)26-17/h7-8,10-11,14H,3-6,9,12-13,25H2,1-2H3,(H,27,30,32). The molecule has 1 amide bonds. The molecule has 0 saturated heterocycles. The van der Waals surface area contributed by atoms with Crippen molar-refractivity contribution in [2.24, 2.45) is 0 Å². The fourth-order valence-corrected chi connectivity index (χ4v) is 3.88. The molecule has 0 atom stereocenters. The number of aromatic amines is 1. The number of anilines is 2. The molecule has 0 fully saturated rings. The first-order valence-corrected chi connectivity index (χ1v) is 11.3. The first-order valence-electron chi connectivity index (χ1n) is 10.9. The number of fused-ring (bicyclic) bond motifs is 1. The van der Waals surface area contributed by atoms with Crippen molar-refractivity contribution in [3.8, 4) is 0 Å². The maximum atomic E-state index is 13.6. The molecule has 2 aromatic heterocycles. The molecule has 0 aliphatic carbocycles. The van der Waals surface area contributed by atoms with E-state index in [9.17, 15) is 14.4 Å². The van der Waals surface area contributed by atoms with Gasteiger partial charge in [0.2, 0.25) is 0 Å². The van der Waals surface area contributed by atoms with Gasteiger partial charge in [0, 0.05) is 18.5 Å². The quantitative estimate of drug-likeness (QED) is 0.373. The van der Waals surface area contributed by atoms with Gasteiger partial charge < -0.3 is 5.73 Å². The van der Waals surface area contributed by atoms with Crippen LogP contribution in [-0.4, -0.2) is 27.0 Å². The molecule has 2 heterocycles. The molecule has 8 nitrogen and oxygen atoms in total. The number of amides is 1. The van der Waals surface area contributed by atoms with E-state index in [4.69, 9.17) is 17.3 Å². The Balaban J connectivity index is 2.13. The molecule has 0 aliphatic heterocycles. The summed E-state index contributed by atoms with van der Waals surface area (Å²) in [4.78, 5) is 46.6. The lowest BCUT2D eigenvalue weighted by molar-refractivity contribution is 0.0981. The zero-order valence-corrected chi connectivity index (χ0v) is 19.1. The highest BCUT2D eigenvalue weighted by molar-refractivity contribution is 6.34. The summed E-state index contributed by atoms with van der Waals surface area (Å²) in [5, 5.41) is 1.70. The average molecular weight is 458 g/mol. The van der Waals surface area contributed by atoms with E-state index in [1.54, 1.807) is 6.07 Å². The van der Waals surface area contributed by atoms with Gasteiger partial charge in [-0.1, -0.05) is 69.0 Å². The third kappa shape index (κ3) is 4.85. The summed E-state index contributed by atoms with van der Waals surface area (Å²) in [6.45, 7) is 4.65. The van der Waals surface area contributed by atoms with Crippen LogP contribution in [0.3, 0.4) is 0 Å². The minimum absolute atomic E-state index is 0.0241. The summed E-state index contributed by atoms with van der Waals surface area (Å²) < 4.78 is 1.31. The van der Waals surface area contributed by atoms with Crippen molar-refractivity contribution in [3.63, 3.8) is 0 Å². The Bertz CT molecular complexity index is 1230. The lowest BCUT2D eigenvalue weighted by Gasteiger charge is -2.24. The molecule has 0 radical (unpaired) electrons. The van der Waals surface area contributed by atoms with Gasteiger partial charge in [0.05, 0.1) is 0 Å². The van der Waals surface area contributed by atoms with Crippen LogP contribution in [0.15, 0.2) is 39.9 Å². The largest absolute Gasteiger partial charge is 0.383 e. The molecule has 0 aliphatic rings. The monoisotopic (exact) mass is 457 g/mol. The number of pyridine rings is 1. The van der Waals surface area contributed by atoms with E-state index >= 15 is 0 Å². The van der Waals surface area contributed by atoms with E-state index < -0.39 is 17.2 Å². The van der Waals surface area contributed by atoms with Gasteiger partial charge in [0.15, 0.2) is 5.69 Å². The molecule has 3 rings (SSSR count). The summed E-state index contributed by atoms with van der Waals surface area (Å²) in [5.41, 5.74) is 5.06. The number of aromatic nitrogens is 3. The number of nitrogens with two attached hydrogens (primary N) is 1. The van der Waals surface area contributed by atoms with Crippen molar-refractivity contribution in [2.75, 3.05) is 17.2 Å². The molecule has 3 N–H and O–H groups in total. The number of nitrogens with zero attached hydrogens (tertiary/aromatic N) is 3. The minimum Gasteiger partial charge on any atom is -0.383 e. The number of benzene rings is 1. The maximum absolute atomic E-state index is 13.6. The third-order valence-corrected chi connectivity index (χ3v) is 5.65. The number of rotatable bonds is 9. The zero-order chi connectivity index (χ0) is 23.3. The number of carbonyl (C=O) groups is 1. The molecule has 0 spiro atoms. The van der Waals surface area contributed by atoms with Crippen LogP contribution in [0.5, 0.6) is 0 Å². The first-order chi connectivity index (χ1) is 15.4. The van der Waals surface area contributed by atoms with Gasteiger partial charge in [-0.05, 0) is 24.3 Å². The number of hydrogen-bond acceptors (Lipinski definition) is 5. The first kappa shape index (κ1) is 23.5. The number of halogens is 1. The van der Waals surface area contributed by atoms with Crippen molar-refractivity contribution >= 4 is 39.8 Å². The molecule has 170 valence electrons. The molecular formula is C23H28ClN5O3. The van der Waals surface area contributed by atoms with E-state index in [1.807, 2.05) is 38.1 Å². The molecule has 1 aromatic carbocycles. The smallest absolute Gasteiger partial charge is 0.330 e. The number of H-pyrrole nitrogens is 1. The molecular weight excluding hydrogens is 430 g/mol. The molecule has 32 heavy (non-hydrogen) atoms. The fraction of sp³-hybridized carbons (Fsp3) is 0.391. The lowest BCUT2D eigenvalue weighted by Crippen LogP contribution is -2.42. The summed E-state index contributed by atoms with van der Waals surface area (Å²) >= 11 is 6.33. The Morgan fingerprint density at radius 1 is 1.16 bits per heavy atom. The third-order valence-electron chi connectivity index (χ3n) is 5.36. The lowest BCUT2D eigenvalue weighted by atomic mass is 10.1. The van der Waals surface area contributed by atoms with E-state index in [2.05, 4.69) is 9.97 Å². The van der Waals surface area contributed by atoms with Gasteiger partial charge in [0.25, 0.3) is 11.5 Å². The van der Waals surface area contributed by atoms with Crippen molar-refractivity contribution in [1.29, 1.82) is 0 Å². The Labute approximate surface area is 191 Å². The molecule has 9 heteroatoms. The van der Waals surface area contributed by atoms with E-state index in [1.165, 1.54) is 9.47 Å². The van der Waals surface area contributed by atoms with Gasteiger partial charge in [-0.25, -0.2) is 9.78 Å². The Hall–Kier alpha value is -3.13. The number of nitrogens with one attached hydrogen (secondary N) is 1. The Kier molecular flexibility index (Phi) is 7.69. The number of hydrogen-bond donors (Lipinski definition) is 2. The molecule has 3 aromatic rings. The van der Waals surface area contributed by atoms with Crippen LogP contribution in [0, 0.1) is 0 Å². The number of carbonyl (C=O) groups excluding carboxylic acids is 1. The topological polar surface area (TPSA) is 114 Å². The predicted octanol–water partition coefficient (Wildman–Crippen LogP) is 3.96. The highest BCUT2D eigenvalue weighted by Gasteiger charge is 2.26. The highest BCUT2D eigenvalue weighted by Crippen LogP contribution is 2.25. The Morgan fingerprint density at radius 3 is 2.59 bits per heavy atom. The van der Waals surface area contributed by atoms with E-state index in [0.717, 1.165) is 30.0 Å².